The van der Waals surface area contributed by atoms with Crippen molar-refractivity contribution < 1.29 is 18.3 Å². The Bertz CT molecular complexity index is 481. The highest BCUT2D eigenvalue weighted by Crippen LogP contribution is 2.27. The summed E-state index contributed by atoms with van der Waals surface area (Å²) in [6.45, 7) is -0.104. The second kappa shape index (κ2) is 5.37. The number of nitriles is 1. The first-order valence-corrected chi connectivity index (χ1v) is 4.68. The Morgan fingerprint density at radius 3 is 2.65 bits per heavy atom. The van der Waals surface area contributed by atoms with Crippen LogP contribution in [0.4, 0.5) is 8.78 Å². The fourth-order valence-electron chi connectivity index (χ4n) is 1.43. The van der Waals surface area contributed by atoms with Gasteiger partial charge in [0.05, 0.1) is 24.3 Å². The van der Waals surface area contributed by atoms with Crippen LogP contribution in [0.25, 0.3) is 0 Å². The van der Waals surface area contributed by atoms with E-state index in [1.165, 1.54) is 6.07 Å². The molecule has 0 fully saturated rings. The maximum Gasteiger partial charge on any atom is 0.337 e. The number of benzene rings is 1. The monoisotopic (exact) mass is 240 g/mol. The molecule has 2 N–H and O–H groups in total. The van der Waals surface area contributed by atoms with Gasteiger partial charge in [-0.15, -0.1) is 0 Å². The molecule has 0 saturated heterocycles. The highest BCUT2D eigenvalue weighted by atomic mass is 19.3. The molecule has 0 radical (unpaired) electrons. The van der Waals surface area contributed by atoms with E-state index in [0.717, 1.165) is 13.2 Å². The SMILES string of the molecule is COC(=O)c1cc(CN)c(C#N)c(C(F)F)c1. The minimum atomic E-state index is -2.85. The molecule has 1 aromatic rings. The number of methoxy groups -OCH3 is 1. The van der Waals surface area contributed by atoms with Crippen molar-refractivity contribution >= 4 is 5.97 Å². The predicted molar refractivity (Wildman–Crippen MR) is 55.3 cm³/mol. The summed E-state index contributed by atoms with van der Waals surface area (Å²) in [5.41, 5.74) is 4.83. The van der Waals surface area contributed by atoms with Crippen LogP contribution in [0.1, 0.15) is 33.5 Å². The zero-order chi connectivity index (χ0) is 13.0. The molecular formula is C11H10F2N2O2. The van der Waals surface area contributed by atoms with E-state index in [4.69, 9.17) is 11.0 Å². The van der Waals surface area contributed by atoms with Gasteiger partial charge in [-0.3, -0.25) is 0 Å². The number of nitrogens with two attached hydrogens (primary N) is 1. The van der Waals surface area contributed by atoms with Crippen molar-refractivity contribution in [2.75, 3.05) is 7.11 Å². The van der Waals surface area contributed by atoms with Gasteiger partial charge < -0.3 is 10.5 Å². The summed E-state index contributed by atoms with van der Waals surface area (Å²) in [5, 5.41) is 8.81. The molecule has 0 aromatic heterocycles. The number of alkyl halides is 2. The summed E-state index contributed by atoms with van der Waals surface area (Å²) >= 11 is 0. The smallest absolute Gasteiger partial charge is 0.337 e. The molecule has 0 unspecified atom stereocenters. The molecule has 0 aliphatic carbocycles. The molecule has 0 bridgehead atoms. The zero-order valence-electron chi connectivity index (χ0n) is 9.04. The fraction of sp³-hybridized carbons (Fsp3) is 0.273. The zero-order valence-corrected chi connectivity index (χ0v) is 9.04. The first-order chi connectivity index (χ1) is 8.04. The second-order valence-corrected chi connectivity index (χ2v) is 3.21. The Morgan fingerprint density at radius 2 is 2.24 bits per heavy atom. The van der Waals surface area contributed by atoms with E-state index in [-0.39, 0.29) is 23.2 Å². The molecule has 0 atom stereocenters. The molecule has 90 valence electrons. The van der Waals surface area contributed by atoms with Crippen LogP contribution in [0.5, 0.6) is 0 Å². The van der Waals surface area contributed by atoms with Crippen LogP contribution in [-0.4, -0.2) is 13.1 Å². The van der Waals surface area contributed by atoms with Crippen molar-refractivity contribution in [1.29, 1.82) is 5.26 Å². The summed E-state index contributed by atoms with van der Waals surface area (Å²) < 4.78 is 29.9. The number of hydrogen-bond donors (Lipinski definition) is 1. The van der Waals surface area contributed by atoms with Crippen LogP contribution in [0.2, 0.25) is 0 Å². The van der Waals surface area contributed by atoms with Crippen molar-refractivity contribution in [2.45, 2.75) is 13.0 Å². The highest BCUT2D eigenvalue weighted by Gasteiger charge is 2.20. The Hall–Kier alpha value is -2.00. The standard InChI is InChI=1S/C11H10F2N2O2/c1-17-11(16)6-2-7(4-14)9(5-15)8(3-6)10(12)13/h2-3,10H,4,14H2,1H3. The average Bonchev–Trinajstić information content (AvgIpc) is 2.35. The molecule has 17 heavy (non-hydrogen) atoms. The van der Waals surface area contributed by atoms with Gasteiger partial charge >= 0.3 is 5.97 Å². The lowest BCUT2D eigenvalue weighted by Crippen LogP contribution is -2.09. The van der Waals surface area contributed by atoms with Gasteiger partial charge in [-0.25, -0.2) is 13.6 Å². The van der Waals surface area contributed by atoms with E-state index in [2.05, 4.69) is 4.74 Å². The molecule has 0 heterocycles. The van der Waals surface area contributed by atoms with Crippen molar-refractivity contribution in [3.05, 3.63) is 34.4 Å². The Morgan fingerprint density at radius 1 is 1.59 bits per heavy atom. The van der Waals surface area contributed by atoms with Crippen LogP contribution in [0, 0.1) is 11.3 Å². The van der Waals surface area contributed by atoms with E-state index in [9.17, 15) is 13.6 Å². The van der Waals surface area contributed by atoms with Crippen LogP contribution in [0.3, 0.4) is 0 Å². The van der Waals surface area contributed by atoms with E-state index >= 15 is 0 Å². The van der Waals surface area contributed by atoms with E-state index < -0.39 is 18.0 Å². The Balaban J connectivity index is 3.47. The van der Waals surface area contributed by atoms with Gasteiger partial charge in [-0.1, -0.05) is 0 Å². The summed E-state index contributed by atoms with van der Waals surface area (Å²) in [4.78, 5) is 11.3. The van der Waals surface area contributed by atoms with Crippen molar-refractivity contribution in [3.8, 4) is 6.07 Å². The minimum absolute atomic E-state index is 0.0396. The fourth-order valence-corrected chi connectivity index (χ4v) is 1.43. The maximum absolute atomic E-state index is 12.7. The number of halogens is 2. The van der Waals surface area contributed by atoms with Gasteiger partial charge in [0.15, 0.2) is 0 Å². The number of nitrogens with zero attached hydrogens (tertiary/aromatic N) is 1. The Labute approximate surface area is 96.6 Å². The average molecular weight is 240 g/mol. The van der Waals surface area contributed by atoms with E-state index in [1.807, 2.05) is 0 Å². The minimum Gasteiger partial charge on any atom is -0.465 e. The van der Waals surface area contributed by atoms with Gasteiger partial charge in [0.2, 0.25) is 0 Å². The summed E-state index contributed by atoms with van der Waals surface area (Å²) in [6.07, 6.45) is -2.85. The van der Waals surface area contributed by atoms with E-state index in [1.54, 1.807) is 6.07 Å². The molecule has 0 amide bonds. The summed E-state index contributed by atoms with van der Waals surface area (Å²) in [7, 11) is 1.14. The lowest BCUT2D eigenvalue weighted by atomic mass is 9.98. The van der Waals surface area contributed by atoms with Gasteiger partial charge in [0, 0.05) is 12.1 Å². The number of carbonyl (C=O) groups is 1. The number of esters is 1. The predicted octanol–water partition coefficient (Wildman–Crippen LogP) is 1.74. The number of ether oxygens (including phenoxy) is 1. The van der Waals surface area contributed by atoms with Gasteiger partial charge in [-0.05, 0) is 17.7 Å². The maximum atomic E-state index is 12.7. The van der Waals surface area contributed by atoms with E-state index in [0.29, 0.717) is 0 Å². The molecule has 1 aromatic carbocycles. The third-order valence-corrected chi connectivity index (χ3v) is 2.24. The van der Waals surface area contributed by atoms with Gasteiger partial charge in [0.25, 0.3) is 6.43 Å². The van der Waals surface area contributed by atoms with Crippen LogP contribution >= 0.6 is 0 Å². The molecule has 6 heteroatoms. The molecule has 1 rings (SSSR count). The molecule has 4 nitrogen and oxygen atoms in total. The van der Waals surface area contributed by atoms with Crippen molar-refractivity contribution in [1.82, 2.24) is 0 Å². The molecule has 0 spiro atoms. The number of hydrogen-bond acceptors (Lipinski definition) is 4. The molecular weight excluding hydrogens is 230 g/mol. The van der Waals surface area contributed by atoms with Crippen LogP contribution in [0.15, 0.2) is 12.1 Å². The normalized spacial score (nSPS) is 10.1. The van der Waals surface area contributed by atoms with Gasteiger partial charge in [-0.2, -0.15) is 5.26 Å². The third-order valence-electron chi connectivity index (χ3n) is 2.24. The first-order valence-electron chi connectivity index (χ1n) is 4.68. The number of rotatable bonds is 3. The quantitative estimate of drug-likeness (QED) is 0.816. The van der Waals surface area contributed by atoms with Gasteiger partial charge in [0.1, 0.15) is 0 Å². The largest absolute Gasteiger partial charge is 0.465 e. The lowest BCUT2D eigenvalue weighted by Gasteiger charge is -2.10. The van der Waals surface area contributed by atoms with Crippen molar-refractivity contribution in [3.63, 3.8) is 0 Å². The topological polar surface area (TPSA) is 76.1 Å². The van der Waals surface area contributed by atoms with Crippen LogP contribution in [-0.2, 0) is 11.3 Å². The Kier molecular flexibility index (Phi) is 4.12. The highest BCUT2D eigenvalue weighted by molar-refractivity contribution is 5.90. The van der Waals surface area contributed by atoms with Crippen LogP contribution < -0.4 is 5.73 Å². The summed E-state index contributed by atoms with van der Waals surface area (Å²) in [6, 6.07) is 3.91. The number of carbonyl (C=O) groups excluding carboxylic acids is 1. The van der Waals surface area contributed by atoms with Crippen molar-refractivity contribution in [2.24, 2.45) is 5.73 Å². The second-order valence-electron chi connectivity index (χ2n) is 3.21. The first kappa shape index (κ1) is 13.1. The lowest BCUT2D eigenvalue weighted by molar-refractivity contribution is 0.0600. The molecule has 0 aliphatic rings. The third kappa shape index (κ3) is 2.57. The molecule has 0 aliphatic heterocycles. The molecule has 0 saturated carbocycles. The summed E-state index contributed by atoms with van der Waals surface area (Å²) in [5.74, 6) is -0.744.